The average Bonchev–Trinajstić information content (AvgIpc) is 2.45. The molecule has 2 aromatic rings. The van der Waals surface area contributed by atoms with E-state index in [1.54, 1.807) is 6.07 Å². The second kappa shape index (κ2) is 6.28. The number of nitrogens with zero attached hydrogens (tertiary/aromatic N) is 1. The van der Waals surface area contributed by atoms with Gasteiger partial charge in [-0.15, -0.1) is 0 Å². The van der Waals surface area contributed by atoms with Crippen molar-refractivity contribution < 1.29 is 4.79 Å². The van der Waals surface area contributed by atoms with Crippen LogP contribution in [-0.2, 0) is 6.42 Å². The molecule has 0 saturated heterocycles. The summed E-state index contributed by atoms with van der Waals surface area (Å²) < 4.78 is 0. The predicted octanol–water partition coefficient (Wildman–Crippen LogP) is 3.96. The van der Waals surface area contributed by atoms with Crippen LogP contribution in [0.5, 0.6) is 0 Å². The van der Waals surface area contributed by atoms with Crippen LogP contribution in [0.15, 0.2) is 42.5 Å². The number of aryl methyl sites for hydroxylation is 2. The van der Waals surface area contributed by atoms with Crippen LogP contribution in [0.1, 0.15) is 47.1 Å². The third kappa shape index (κ3) is 3.50. The number of ketones is 1. The van der Waals surface area contributed by atoms with Crippen molar-refractivity contribution in [3.63, 3.8) is 0 Å². The van der Waals surface area contributed by atoms with Gasteiger partial charge in [0.2, 0.25) is 5.78 Å². The van der Waals surface area contributed by atoms with Gasteiger partial charge in [-0.25, -0.2) is 4.98 Å². The fraction of sp³-hybridized carbons (Fsp3) is 0.294. The maximum atomic E-state index is 12.3. The van der Waals surface area contributed by atoms with Gasteiger partial charge in [-0.2, -0.15) is 0 Å². The molecule has 0 atom stereocenters. The van der Waals surface area contributed by atoms with Gasteiger partial charge >= 0.3 is 0 Å². The molecule has 0 aliphatic heterocycles. The second-order valence-corrected chi connectivity index (χ2v) is 4.79. The molecule has 2 rings (SSSR count). The highest BCUT2D eigenvalue weighted by Gasteiger charge is 2.10. The van der Waals surface area contributed by atoms with E-state index in [9.17, 15) is 4.79 Å². The van der Waals surface area contributed by atoms with Crippen molar-refractivity contribution in [2.75, 3.05) is 0 Å². The molecule has 0 aliphatic rings. The number of carbonyl (C=O) groups excluding carboxylic acids is 1. The Balaban J connectivity index is 2.15. The molecular formula is C17H19NO. The van der Waals surface area contributed by atoms with Gasteiger partial charge in [0.1, 0.15) is 5.69 Å². The van der Waals surface area contributed by atoms with E-state index >= 15 is 0 Å². The van der Waals surface area contributed by atoms with Crippen LogP contribution in [0.3, 0.4) is 0 Å². The minimum atomic E-state index is -0.00857. The summed E-state index contributed by atoms with van der Waals surface area (Å²) in [6, 6.07) is 13.4. The van der Waals surface area contributed by atoms with Gasteiger partial charge in [0.25, 0.3) is 0 Å². The number of carbonyl (C=O) groups is 1. The Kier molecular flexibility index (Phi) is 4.45. The first-order valence-electron chi connectivity index (χ1n) is 6.78. The minimum Gasteiger partial charge on any atom is -0.287 e. The van der Waals surface area contributed by atoms with Crippen LogP contribution in [0.4, 0.5) is 0 Å². The third-order valence-electron chi connectivity index (χ3n) is 3.16. The van der Waals surface area contributed by atoms with Crippen molar-refractivity contribution in [3.05, 3.63) is 65.0 Å². The lowest BCUT2D eigenvalue weighted by Crippen LogP contribution is -2.04. The molecular weight excluding hydrogens is 234 g/mol. The normalized spacial score (nSPS) is 10.4. The molecule has 0 spiro atoms. The maximum absolute atomic E-state index is 12.3. The summed E-state index contributed by atoms with van der Waals surface area (Å²) >= 11 is 0. The smallest absolute Gasteiger partial charge is 0.211 e. The van der Waals surface area contributed by atoms with E-state index in [1.165, 1.54) is 18.4 Å². The van der Waals surface area contributed by atoms with Gasteiger partial charge in [-0.1, -0.05) is 43.7 Å². The lowest BCUT2D eigenvalue weighted by Gasteiger charge is -2.04. The largest absolute Gasteiger partial charge is 0.287 e. The Bertz CT molecular complexity index is 558. The first-order valence-corrected chi connectivity index (χ1v) is 6.78. The van der Waals surface area contributed by atoms with Gasteiger partial charge < -0.3 is 0 Å². The average molecular weight is 253 g/mol. The van der Waals surface area contributed by atoms with Crippen LogP contribution in [0.2, 0.25) is 0 Å². The predicted molar refractivity (Wildman–Crippen MR) is 77.5 cm³/mol. The zero-order valence-corrected chi connectivity index (χ0v) is 11.5. The number of benzene rings is 1. The number of unbranched alkanes of at least 4 members (excludes halogenated alkanes) is 1. The zero-order valence-electron chi connectivity index (χ0n) is 11.5. The summed E-state index contributed by atoms with van der Waals surface area (Å²) in [5.74, 6) is -0.00857. The molecule has 1 aromatic carbocycles. The fourth-order valence-electron chi connectivity index (χ4n) is 2.02. The van der Waals surface area contributed by atoms with Gasteiger partial charge in [0.05, 0.1) is 0 Å². The van der Waals surface area contributed by atoms with Crippen molar-refractivity contribution >= 4 is 5.78 Å². The molecule has 1 aromatic heterocycles. The van der Waals surface area contributed by atoms with Crippen molar-refractivity contribution in [2.45, 2.75) is 33.1 Å². The minimum absolute atomic E-state index is 0.00857. The summed E-state index contributed by atoms with van der Waals surface area (Å²) in [5.41, 5.74) is 3.38. The quantitative estimate of drug-likeness (QED) is 0.755. The molecule has 0 unspecified atom stereocenters. The van der Waals surface area contributed by atoms with E-state index in [4.69, 9.17) is 0 Å². The second-order valence-electron chi connectivity index (χ2n) is 4.79. The first-order chi connectivity index (χ1) is 9.20. The molecule has 1 heterocycles. The van der Waals surface area contributed by atoms with Crippen LogP contribution >= 0.6 is 0 Å². The van der Waals surface area contributed by atoms with Crippen LogP contribution in [0, 0.1) is 6.92 Å². The van der Waals surface area contributed by atoms with E-state index < -0.39 is 0 Å². The van der Waals surface area contributed by atoms with Crippen molar-refractivity contribution in [2.24, 2.45) is 0 Å². The van der Waals surface area contributed by atoms with Gasteiger partial charge in [-0.3, -0.25) is 4.79 Å². The number of aromatic nitrogens is 1. The number of hydrogen-bond donors (Lipinski definition) is 0. The van der Waals surface area contributed by atoms with E-state index in [0.717, 1.165) is 12.1 Å². The summed E-state index contributed by atoms with van der Waals surface area (Å²) in [4.78, 5) is 16.5. The van der Waals surface area contributed by atoms with E-state index in [2.05, 4.69) is 11.9 Å². The molecule has 2 nitrogen and oxygen atoms in total. The molecule has 0 N–H and O–H groups in total. The summed E-state index contributed by atoms with van der Waals surface area (Å²) in [7, 11) is 0. The standard InChI is InChI=1S/C17H19NO/c1-3-4-7-14-9-11-15(12-10-14)17(19)16-8-5-6-13(2)18-16/h5-6,8-12H,3-4,7H2,1-2H3. The highest BCUT2D eigenvalue weighted by molar-refractivity contribution is 6.07. The zero-order chi connectivity index (χ0) is 13.7. The Morgan fingerprint density at radius 3 is 2.47 bits per heavy atom. The van der Waals surface area contributed by atoms with E-state index in [1.807, 2.05) is 43.3 Å². The van der Waals surface area contributed by atoms with Crippen LogP contribution < -0.4 is 0 Å². The van der Waals surface area contributed by atoms with Gasteiger partial charge in [-0.05, 0) is 37.5 Å². The van der Waals surface area contributed by atoms with E-state index in [0.29, 0.717) is 11.3 Å². The first kappa shape index (κ1) is 13.5. The molecule has 0 fully saturated rings. The molecule has 0 radical (unpaired) electrons. The summed E-state index contributed by atoms with van der Waals surface area (Å²) in [6.45, 7) is 4.08. The highest BCUT2D eigenvalue weighted by Crippen LogP contribution is 2.12. The van der Waals surface area contributed by atoms with Crippen molar-refractivity contribution in [3.8, 4) is 0 Å². The molecule has 0 aliphatic carbocycles. The molecule has 19 heavy (non-hydrogen) atoms. The number of pyridine rings is 1. The monoisotopic (exact) mass is 253 g/mol. The lowest BCUT2D eigenvalue weighted by atomic mass is 10.0. The molecule has 0 saturated carbocycles. The lowest BCUT2D eigenvalue weighted by molar-refractivity contribution is 0.103. The van der Waals surface area contributed by atoms with Crippen LogP contribution in [0.25, 0.3) is 0 Å². The third-order valence-corrected chi connectivity index (χ3v) is 3.16. The summed E-state index contributed by atoms with van der Waals surface area (Å²) in [6.07, 6.45) is 3.45. The molecule has 0 bridgehead atoms. The highest BCUT2D eigenvalue weighted by atomic mass is 16.1. The number of rotatable bonds is 5. The van der Waals surface area contributed by atoms with Gasteiger partial charge in [0, 0.05) is 11.3 Å². The Labute approximate surface area is 114 Å². The topological polar surface area (TPSA) is 30.0 Å². The molecule has 98 valence electrons. The molecule has 0 amide bonds. The Hall–Kier alpha value is -1.96. The Morgan fingerprint density at radius 1 is 1.11 bits per heavy atom. The van der Waals surface area contributed by atoms with Gasteiger partial charge in [0.15, 0.2) is 0 Å². The fourth-order valence-corrected chi connectivity index (χ4v) is 2.02. The maximum Gasteiger partial charge on any atom is 0.211 e. The molecule has 2 heteroatoms. The Morgan fingerprint density at radius 2 is 1.84 bits per heavy atom. The van der Waals surface area contributed by atoms with E-state index in [-0.39, 0.29) is 5.78 Å². The summed E-state index contributed by atoms with van der Waals surface area (Å²) in [5, 5.41) is 0. The SMILES string of the molecule is CCCCc1ccc(C(=O)c2cccc(C)n2)cc1. The number of hydrogen-bond acceptors (Lipinski definition) is 2. The van der Waals surface area contributed by atoms with Crippen molar-refractivity contribution in [1.29, 1.82) is 0 Å². The van der Waals surface area contributed by atoms with Crippen LogP contribution in [-0.4, -0.2) is 10.8 Å². The van der Waals surface area contributed by atoms with Crippen molar-refractivity contribution in [1.82, 2.24) is 4.98 Å².